The van der Waals surface area contributed by atoms with Crippen molar-refractivity contribution in [1.29, 1.82) is 0 Å². The number of Topliss-reactive ketones (excluding diaryl/α,β-unsaturated/α-hetero) is 1. The molecule has 2 aromatic rings. The van der Waals surface area contributed by atoms with Gasteiger partial charge in [-0.05, 0) is 42.5 Å². The molecule has 0 bridgehead atoms. The number of hydrogen-bond donors (Lipinski definition) is 1. The lowest BCUT2D eigenvalue weighted by Gasteiger charge is -2.40. The second kappa shape index (κ2) is 8.42. The highest BCUT2D eigenvalue weighted by Gasteiger charge is 2.45. The van der Waals surface area contributed by atoms with Gasteiger partial charge in [-0.3, -0.25) is 9.59 Å². The summed E-state index contributed by atoms with van der Waals surface area (Å²) < 4.78 is 10.3. The normalized spacial score (nSPS) is 23.1. The molecule has 3 atom stereocenters. The molecule has 4 rings (SSSR count). The topological polar surface area (TPSA) is 64.6 Å². The lowest BCUT2D eigenvalue weighted by molar-refractivity contribution is -0.144. The molecule has 1 aliphatic carbocycles. The molecule has 1 heterocycles. The first-order valence-electron chi connectivity index (χ1n) is 10.4. The lowest BCUT2D eigenvalue weighted by atomic mass is 9.69. The number of esters is 1. The summed E-state index contributed by atoms with van der Waals surface area (Å²) in [6.07, 6.45) is 1.08. The van der Waals surface area contributed by atoms with Gasteiger partial charge in [-0.15, -0.1) is 0 Å². The molecule has 2 aliphatic rings. The summed E-state index contributed by atoms with van der Waals surface area (Å²) in [4.78, 5) is 26.1. The Balaban J connectivity index is 1.76. The summed E-state index contributed by atoms with van der Waals surface area (Å²) in [5.74, 6) is -0.531. The third kappa shape index (κ3) is 3.88. The maximum absolute atomic E-state index is 13.4. The molecule has 2 aromatic carbocycles. The third-order valence-corrected chi connectivity index (χ3v) is 6.32. The minimum absolute atomic E-state index is 0.0570. The summed E-state index contributed by atoms with van der Waals surface area (Å²) in [6, 6.07) is 15.8. The highest BCUT2D eigenvalue weighted by molar-refractivity contribution is 6.01. The van der Waals surface area contributed by atoms with Crippen molar-refractivity contribution in [3.05, 3.63) is 88.8 Å². The second-order valence-corrected chi connectivity index (χ2v) is 8.23. The van der Waals surface area contributed by atoms with E-state index in [1.165, 1.54) is 7.11 Å². The minimum atomic E-state index is -0.645. The molecule has 0 fully saturated rings. The maximum Gasteiger partial charge on any atom is 0.315 e. The smallest absolute Gasteiger partial charge is 0.315 e. The third-order valence-electron chi connectivity index (χ3n) is 6.32. The van der Waals surface area contributed by atoms with Crippen LogP contribution in [0.25, 0.3) is 0 Å². The summed E-state index contributed by atoms with van der Waals surface area (Å²) in [5, 5.41) is 3.29. The number of nitrogens with one attached hydrogen (secondary N) is 1. The Morgan fingerprint density at radius 2 is 1.65 bits per heavy atom. The van der Waals surface area contributed by atoms with Crippen LogP contribution in [-0.2, 0) is 14.3 Å². The molecule has 1 N–H and O–H groups in total. The number of carbonyl (C=O) groups is 2. The van der Waals surface area contributed by atoms with E-state index in [1.807, 2.05) is 55.5 Å². The van der Waals surface area contributed by atoms with Crippen LogP contribution in [0.2, 0.25) is 0 Å². The van der Waals surface area contributed by atoms with Crippen LogP contribution in [0.15, 0.2) is 72.1 Å². The van der Waals surface area contributed by atoms with Crippen molar-refractivity contribution in [2.24, 2.45) is 5.92 Å². The molecule has 31 heavy (non-hydrogen) atoms. The van der Waals surface area contributed by atoms with E-state index in [4.69, 9.17) is 9.47 Å². The Morgan fingerprint density at radius 3 is 2.26 bits per heavy atom. The van der Waals surface area contributed by atoms with Crippen LogP contribution in [0.3, 0.4) is 0 Å². The van der Waals surface area contributed by atoms with Crippen molar-refractivity contribution < 1.29 is 19.1 Å². The summed E-state index contributed by atoms with van der Waals surface area (Å²) in [5.41, 5.74) is 5.24. The van der Waals surface area contributed by atoms with Crippen LogP contribution in [-0.4, -0.2) is 26.0 Å². The van der Waals surface area contributed by atoms with Crippen LogP contribution in [0.1, 0.15) is 41.4 Å². The van der Waals surface area contributed by atoms with Gasteiger partial charge in [0.2, 0.25) is 0 Å². The number of carbonyl (C=O) groups excluding carboxylic acids is 2. The Bertz CT molecular complexity index is 1050. The second-order valence-electron chi connectivity index (χ2n) is 8.23. The van der Waals surface area contributed by atoms with E-state index in [2.05, 4.69) is 11.9 Å². The fourth-order valence-corrected chi connectivity index (χ4v) is 4.70. The molecular weight excluding hydrogens is 390 g/mol. The predicted molar refractivity (Wildman–Crippen MR) is 119 cm³/mol. The fourth-order valence-electron chi connectivity index (χ4n) is 4.70. The Labute approximate surface area is 182 Å². The number of ketones is 1. The molecule has 0 saturated heterocycles. The van der Waals surface area contributed by atoms with Crippen molar-refractivity contribution in [3.8, 4) is 5.75 Å². The molecule has 3 unspecified atom stereocenters. The van der Waals surface area contributed by atoms with Crippen LogP contribution in [0, 0.1) is 12.8 Å². The predicted octanol–water partition coefficient (Wildman–Crippen LogP) is 4.39. The molecule has 0 radical (unpaired) electrons. The molecule has 0 spiro atoms. The van der Waals surface area contributed by atoms with Gasteiger partial charge in [-0.1, -0.05) is 48.5 Å². The quantitative estimate of drug-likeness (QED) is 0.748. The average Bonchev–Trinajstić information content (AvgIpc) is 2.78. The van der Waals surface area contributed by atoms with Gasteiger partial charge >= 0.3 is 5.97 Å². The van der Waals surface area contributed by atoms with Crippen molar-refractivity contribution in [2.75, 3.05) is 14.2 Å². The lowest BCUT2D eigenvalue weighted by Crippen LogP contribution is -2.42. The average molecular weight is 418 g/mol. The van der Waals surface area contributed by atoms with E-state index in [-0.39, 0.29) is 17.7 Å². The Hall–Kier alpha value is -3.34. The molecular formula is C26H27NO4. The zero-order chi connectivity index (χ0) is 22.1. The monoisotopic (exact) mass is 417 g/mol. The van der Waals surface area contributed by atoms with Crippen LogP contribution < -0.4 is 10.1 Å². The van der Waals surface area contributed by atoms with E-state index in [0.717, 1.165) is 28.1 Å². The van der Waals surface area contributed by atoms with E-state index >= 15 is 0 Å². The number of ether oxygens (including phenoxy) is 2. The zero-order valence-corrected chi connectivity index (χ0v) is 18.1. The summed E-state index contributed by atoms with van der Waals surface area (Å²) in [7, 11) is 3.00. The number of methoxy groups -OCH3 is 2. The van der Waals surface area contributed by atoms with Crippen molar-refractivity contribution >= 4 is 11.8 Å². The summed E-state index contributed by atoms with van der Waals surface area (Å²) >= 11 is 0. The zero-order valence-electron chi connectivity index (χ0n) is 18.1. The number of hydrogen-bond acceptors (Lipinski definition) is 5. The standard InChI is InChI=1S/C26H27NO4/c1-15-5-7-18(8-6-15)24-23(26(29)31-4)16(2)27-21-13-19(14-22(28)25(21)24)17-9-11-20(30-3)12-10-17/h5-12,19,23-24,27H,2,13-14H2,1,3-4H3. The summed E-state index contributed by atoms with van der Waals surface area (Å²) in [6.45, 7) is 6.13. The number of allylic oxidation sites excluding steroid dienone is 2. The first-order valence-corrected chi connectivity index (χ1v) is 10.4. The van der Waals surface area contributed by atoms with E-state index in [1.54, 1.807) is 7.11 Å². The Kier molecular flexibility index (Phi) is 5.68. The van der Waals surface area contributed by atoms with E-state index < -0.39 is 11.8 Å². The van der Waals surface area contributed by atoms with Gasteiger partial charge in [0.1, 0.15) is 11.7 Å². The van der Waals surface area contributed by atoms with Gasteiger partial charge in [0.25, 0.3) is 0 Å². The fraction of sp³-hybridized carbons (Fsp3) is 0.308. The Morgan fingerprint density at radius 1 is 1.00 bits per heavy atom. The maximum atomic E-state index is 13.4. The van der Waals surface area contributed by atoms with Gasteiger partial charge < -0.3 is 14.8 Å². The number of aryl methyl sites for hydroxylation is 1. The minimum Gasteiger partial charge on any atom is -0.497 e. The van der Waals surface area contributed by atoms with Gasteiger partial charge in [-0.2, -0.15) is 0 Å². The molecule has 5 heteroatoms. The molecule has 5 nitrogen and oxygen atoms in total. The highest BCUT2D eigenvalue weighted by Crippen LogP contribution is 2.47. The largest absolute Gasteiger partial charge is 0.497 e. The van der Waals surface area contributed by atoms with Gasteiger partial charge in [-0.25, -0.2) is 0 Å². The highest BCUT2D eigenvalue weighted by atomic mass is 16.5. The van der Waals surface area contributed by atoms with Crippen molar-refractivity contribution in [2.45, 2.75) is 31.6 Å². The first kappa shape index (κ1) is 20.9. The number of benzene rings is 2. The van der Waals surface area contributed by atoms with E-state index in [9.17, 15) is 9.59 Å². The first-order chi connectivity index (χ1) is 14.9. The molecule has 0 aromatic heterocycles. The van der Waals surface area contributed by atoms with E-state index in [0.29, 0.717) is 24.1 Å². The molecule has 0 amide bonds. The molecule has 160 valence electrons. The van der Waals surface area contributed by atoms with Crippen molar-refractivity contribution in [3.63, 3.8) is 0 Å². The van der Waals surface area contributed by atoms with Gasteiger partial charge in [0.05, 0.1) is 14.2 Å². The van der Waals surface area contributed by atoms with Crippen LogP contribution in [0.5, 0.6) is 5.75 Å². The molecule has 0 saturated carbocycles. The van der Waals surface area contributed by atoms with Crippen LogP contribution >= 0.6 is 0 Å². The van der Waals surface area contributed by atoms with Gasteiger partial charge in [0, 0.05) is 29.3 Å². The van der Waals surface area contributed by atoms with Gasteiger partial charge in [0.15, 0.2) is 5.78 Å². The number of rotatable bonds is 4. The SMILES string of the molecule is C=C1NC2=C(C(=O)CC(c3ccc(OC)cc3)C2)C(c2ccc(C)cc2)C1C(=O)OC. The molecule has 1 aliphatic heterocycles. The van der Waals surface area contributed by atoms with Crippen molar-refractivity contribution in [1.82, 2.24) is 5.32 Å². The van der Waals surface area contributed by atoms with Crippen LogP contribution in [0.4, 0.5) is 0 Å².